The molecule has 0 atom stereocenters. The summed E-state index contributed by atoms with van der Waals surface area (Å²) in [5, 5.41) is 12.1. The van der Waals surface area contributed by atoms with Crippen LogP contribution in [0.5, 0.6) is 0 Å². The first-order chi connectivity index (χ1) is 13.0. The van der Waals surface area contributed by atoms with Gasteiger partial charge in [-0.2, -0.15) is 0 Å². The summed E-state index contributed by atoms with van der Waals surface area (Å²) in [4.78, 5) is 15.2. The molecule has 0 radical (unpaired) electrons. The Hall–Kier alpha value is -2.21. The van der Waals surface area contributed by atoms with Gasteiger partial charge in [0.2, 0.25) is 5.91 Å². The highest BCUT2D eigenvalue weighted by Crippen LogP contribution is 2.32. The molecule has 144 valence electrons. The van der Waals surface area contributed by atoms with Crippen LogP contribution in [-0.4, -0.2) is 45.2 Å². The minimum atomic E-state index is -0.500. The molecule has 2 aliphatic rings. The number of benzene rings is 1. The first-order valence-electron chi connectivity index (χ1n) is 9.96. The lowest BCUT2D eigenvalue weighted by Crippen LogP contribution is -2.47. The third-order valence-electron chi connectivity index (χ3n) is 6.11. The second-order valence-corrected chi connectivity index (χ2v) is 8.36. The van der Waals surface area contributed by atoms with Crippen LogP contribution in [0.1, 0.15) is 55.4 Å². The molecule has 1 aromatic heterocycles. The molecule has 0 aliphatic carbocycles. The number of hydrogen-bond acceptors (Lipinski definition) is 4. The quantitative estimate of drug-likeness (QED) is 0.905. The normalized spacial score (nSPS) is 18.4. The van der Waals surface area contributed by atoms with E-state index in [1.807, 2.05) is 18.7 Å². The Morgan fingerprint density at radius 2 is 1.81 bits per heavy atom. The molecule has 6 nitrogen and oxygen atoms in total. The number of likely N-dealkylation sites (tertiary alicyclic amines) is 1. The number of nitrogens with one attached hydrogen (secondary N) is 1. The number of piperidine rings is 1. The Balaban J connectivity index is 1.43. The van der Waals surface area contributed by atoms with Gasteiger partial charge in [-0.3, -0.25) is 4.79 Å². The van der Waals surface area contributed by atoms with Gasteiger partial charge < -0.3 is 14.8 Å². The zero-order valence-corrected chi connectivity index (χ0v) is 16.5. The van der Waals surface area contributed by atoms with E-state index in [1.54, 1.807) is 0 Å². The first-order valence-corrected chi connectivity index (χ1v) is 9.96. The van der Waals surface area contributed by atoms with Crippen molar-refractivity contribution >= 4 is 5.91 Å². The summed E-state index contributed by atoms with van der Waals surface area (Å²) in [6.07, 6.45) is 1.92. The zero-order valence-electron chi connectivity index (χ0n) is 16.5. The highest BCUT2D eigenvalue weighted by molar-refractivity contribution is 5.87. The maximum absolute atomic E-state index is 13.2. The summed E-state index contributed by atoms with van der Waals surface area (Å²) in [7, 11) is 0. The largest absolute Gasteiger partial charge is 0.342 e. The van der Waals surface area contributed by atoms with Gasteiger partial charge in [0.1, 0.15) is 11.6 Å². The van der Waals surface area contributed by atoms with E-state index in [0.29, 0.717) is 5.92 Å². The summed E-state index contributed by atoms with van der Waals surface area (Å²) >= 11 is 0. The standard InChI is InChI=1S/C21H29N5O/c1-15-4-6-17(7-5-15)21(2,3)20(27)25-11-8-16(9-12-25)19-24-23-18-14-22-10-13-26(18)19/h4-7,16,22H,8-14H2,1-3H3. The number of carbonyl (C=O) groups excluding carboxylic acids is 1. The molecule has 0 saturated carbocycles. The number of hydrogen-bond donors (Lipinski definition) is 1. The summed E-state index contributed by atoms with van der Waals surface area (Å²) < 4.78 is 2.27. The van der Waals surface area contributed by atoms with Crippen molar-refractivity contribution in [2.75, 3.05) is 19.6 Å². The molecule has 2 aromatic rings. The van der Waals surface area contributed by atoms with E-state index in [4.69, 9.17) is 0 Å². The average Bonchev–Trinajstić information content (AvgIpc) is 3.12. The highest BCUT2D eigenvalue weighted by Gasteiger charge is 2.36. The molecule has 0 spiro atoms. The van der Waals surface area contributed by atoms with Crippen LogP contribution in [0.2, 0.25) is 0 Å². The van der Waals surface area contributed by atoms with Crippen LogP contribution in [0, 0.1) is 6.92 Å². The Morgan fingerprint density at radius 1 is 1.11 bits per heavy atom. The minimum Gasteiger partial charge on any atom is -0.342 e. The summed E-state index contributed by atoms with van der Waals surface area (Å²) in [6.45, 7) is 10.4. The van der Waals surface area contributed by atoms with E-state index >= 15 is 0 Å². The van der Waals surface area contributed by atoms with E-state index in [0.717, 1.165) is 62.8 Å². The van der Waals surface area contributed by atoms with Crippen molar-refractivity contribution in [3.63, 3.8) is 0 Å². The molecule has 2 aliphatic heterocycles. The maximum Gasteiger partial charge on any atom is 0.232 e. The van der Waals surface area contributed by atoms with Gasteiger partial charge >= 0.3 is 0 Å². The molecule has 0 unspecified atom stereocenters. The second kappa shape index (κ2) is 7.08. The van der Waals surface area contributed by atoms with E-state index in [9.17, 15) is 4.79 Å². The summed E-state index contributed by atoms with van der Waals surface area (Å²) in [5.74, 6) is 2.76. The third kappa shape index (κ3) is 3.38. The second-order valence-electron chi connectivity index (χ2n) is 8.36. The fourth-order valence-corrected chi connectivity index (χ4v) is 4.25. The van der Waals surface area contributed by atoms with Crippen LogP contribution >= 0.6 is 0 Å². The van der Waals surface area contributed by atoms with Crippen LogP contribution in [0.15, 0.2) is 24.3 Å². The van der Waals surface area contributed by atoms with Gasteiger partial charge in [-0.1, -0.05) is 29.8 Å². The lowest BCUT2D eigenvalue weighted by Gasteiger charge is -2.37. The Bertz CT molecular complexity index is 816. The van der Waals surface area contributed by atoms with Crippen LogP contribution in [0.4, 0.5) is 0 Å². The number of fused-ring (bicyclic) bond motifs is 1. The number of amides is 1. The van der Waals surface area contributed by atoms with Gasteiger partial charge in [0.15, 0.2) is 0 Å². The van der Waals surface area contributed by atoms with Crippen LogP contribution in [0.3, 0.4) is 0 Å². The van der Waals surface area contributed by atoms with E-state index in [-0.39, 0.29) is 5.91 Å². The van der Waals surface area contributed by atoms with Gasteiger partial charge in [-0.05, 0) is 39.2 Å². The minimum absolute atomic E-state index is 0.220. The van der Waals surface area contributed by atoms with Gasteiger partial charge in [-0.15, -0.1) is 10.2 Å². The highest BCUT2D eigenvalue weighted by atomic mass is 16.2. The number of aromatic nitrogens is 3. The zero-order chi connectivity index (χ0) is 19.0. The van der Waals surface area contributed by atoms with Crippen molar-refractivity contribution in [2.24, 2.45) is 0 Å². The number of nitrogens with zero attached hydrogens (tertiary/aromatic N) is 4. The van der Waals surface area contributed by atoms with E-state index in [2.05, 4.69) is 51.3 Å². The molecule has 1 saturated heterocycles. The molecule has 1 amide bonds. The van der Waals surface area contributed by atoms with Crippen molar-refractivity contribution in [3.05, 3.63) is 47.0 Å². The fraction of sp³-hybridized carbons (Fsp3) is 0.571. The van der Waals surface area contributed by atoms with Crippen molar-refractivity contribution in [2.45, 2.75) is 58.0 Å². The van der Waals surface area contributed by atoms with Gasteiger partial charge in [0.25, 0.3) is 0 Å². The lowest BCUT2D eigenvalue weighted by atomic mass is 9.82. The van der Waals surface area contributed by atoms with E-state index < -0.39 is 5.41 Å². The monoisotopic (exact) mass is 367 g/mol. The predicted molar refractivity (Wildman–Crippen MR) is 104 cm³/mol. The van der Waals surface area contributed by atoms with Gasteiger partial charge in [0.05, 0.1) is 12.0 Å². The van der Waals surface area contributed by atoms with Crippen LogP contribution in [-0.2, 0) is 23.3 Å². The molecule has 4 rings (SSSR count). The molecular formula is C21H29N5O. The Kier molecular flexibility index (Phi) is 4.76. The fourth-order valence-electron chi connectivity index (χ4n) is 4.25. The molecule has 1 fully saturated rings. The molecule has 6 heteroatoms. The van der Waals surface area contributed by atoms with Gasteiger partial charge in [0, 0.05) is 32.1 Å². The maximum atomic E-state index is 13.2. The van der Waals surface area contributed by atoms with Crippen molar-refractivity contribution in [1.29, 1.82) is 0 Å². The molecule has 27 heavy (non-hydrogen) atoms. The predicted octanol–water partition coefficient (Wildman–Crippen LogP) is 2.37. The molecule has 3 heterocycles. The molecule has 0 bridgehead atoms. The summed E-state index contributed by atoms with van der Waals surface area (Å²) in [5.41, 5.74) is 1.80. The first kappa shape index (κ1) is 18.2. The molecule has 1 N–H and O–H groups in total. The molecule has 1 aromatic carbocycles. The lowest BCUT2D eigenvalue weighted by molar-refractivity contribution is -0.137. The Morgan fingerprint density at radius 3 is 2.52 bits per heavy atom. The number of aryl methyl sites for hydroxylation is 1. The number of rotatable bonds is 3. The van der Waals surface area contributed by atoms with Crippen molar-refractivity contribution in [1.82, 2.24) is 25.0 Å². The third-order valence-corrected chi connectivity index (χ3v) is 6.11. The van der Waals surface area contributed by atoms with Crippen molar-refractivity contribution < 1.29 is 4.79 Å². The average molecular weight is 367 g/mol. The van der Waals surface area contributed by atoms with Crippen LogP contribution in [0.25, 0.3) is 0 Å². The smallest absolute Gasteiger partial charge is 0.232 e. The molecular weight excluding hydrogens is 338 g/mol. The number of carbonyl (C=O) groups is 1. The Labute approximate surface area is 161 Å². The van der Waals surface area contributed by atoms with Crippen molar-refractivity contribution in [3.8, 4) is 0 Å². The van der Waals surface area contributed by atoms with E-state index in [1.165, 1.54) is 5.56 Å². The van der Waals surface area contributed by atoms with Crippen LogP contribution < -0.4 is 5.32 Å². The topological polar surface area (TPSA) is 63.1 Å². The van der Waals surface area contributed by atoms with Gasteiger partial charge in [-0.25, -0.2) is 0 Å². The summed E-state index contributed by atoms with van der Waals surface area (Å²) in [6, 6.07) is 8.33. The SMILES string of the molecule is Cc1ccc(C(C)(C)C(=O)N2CCC(c3nnc4n3CCNC4)CC2)cc1.